The van der Waals surface area contributed by atoms with Gasteiger partial charge < -0.3 is 14.9 Å². The third-order valence-corrected chi connectivity index (χ3v) is 6.91. The molecule has 0 amide bonds. The Labute approximate surface area is 223 Å². The monoisotopic (exact) mass is 541 g/mol. The van der Waals surface area contributed by atoms with Crippen LogP contribution in [0.5, 0.6) is 5.75 Å². The number of aromatic nitrogens is 1. The molecule has 0 atom stereocenters. The minimum Gasteiger partial charge on any atom is -0.487 e. The molecule has 0 saturated heterocycles. The number of ether oxygens (including phenoxy) is 1. The number of carbonyl (C=O) groups is 2. The molecule has 0 bridgehead atoms. The Morgan fingerprint density at radius 3 is 2.39 bits per heavy atom. The van der Waals surface area contributed by atoms with E-state index in [-0.39, 0.29) is 29.2 Å². The van der Waals surface area contributed by atoms with E-state index < -0.39 is 17.9 Å². The molecule has 0 fully saturated rings. The number of carboxylic acids is 2. The van der Waals surface area contributed by atoms with Crippen molar-refractivity contribution in [1.29, 1.82) is 0 Å². The Hall–Kier alpha value is -3.85. The lowest BCUT2D eigenvalue weighted by Gasteiger charge is -2.13. The van der Waals surface area contributed by atoms with E-state index >= 15 is 0 Å². The molecule has 0 radical (unpaired) electrons. The van der Waals surface area contributed by atoms with Crippen LogP contribution < -0.4 is 4.74 Å². The zero-order valence-electron chi connectivity index (χ0n) is 21.2. The standard InChI is InChI=1S/C29H29F2NO5S/c1-4-7-20-16-22(14-15-23(20)18(2)8-5-6-9-25(33)34)37-17-24-26(28(35)36)38-27(32-24)19-10-12-21(13-11-19)29(3,30)31/h4,7,10-16H,2,5-6,8-9,17H2,1,3H3,(H,33,34)(H,35,36)/b7-4-. The van der Waals surface area contributed by atoms with E-state index in [2.05, 4.69) is 11.6 Å². The second kappa shape index (κ2) is 12.6. The van der Waals surface area contributed by atoms with Gasteiger partial charge in [0, 0.05) is 24.5 Å². The van der Waals surface area contributed by atoms with Crippen molar-refractivity contribution >= 4 is 34.9 Å². The average Bonchev–Trinajstić information content (AvgIpc) is 3.30. The van der Waals surface area contributed by atoms with Gasteiger partial charge in [0.05, 0.1) is 0 Å². The summed E-state index contributed by atoms with van der Waals surface area (Å²) in [4.78, 5) is 27.0. The number of thiazole rings is 1. The van der Waals surface area contributed by atoms with Crippen LogP contribution in [0.25, 0.3) is 22.2 Å². The Kier molecular flexibility index (Phi) is 9.52. The third kappa shape index (κ3) is 7.58. The van der Waals surface area contributed by atoms with Gasteiger partial charge in [0.1, 0.15) is 27.9 Å². The van der Waals surface area contributed by atoms with E-state index in [4.69, 9.17) is 9.84 Å². The van der Waals surface area contributed by atoms with Crippen LogP contribution in [0.4, 0.5) is 8.78 Å². The number of halogens is 2. The quantitative estimate of drug-likeness (QED) is 0.214. The summed E-state index contributed by atoms with van der Waals surface area (Å²) in [5.41, 5.74) is 3.33. The van der Waals surface area contributed by atoms with E-state index in [1.54, 1.807) is 6.07 Å². The van der Waals surface area contributed by atoms with Crippen molar-refractivity contribution in [1.82, 2.24) is 4.98 Å². The highest BCUT2D eigenvalue weighted by Gasteiger charge is 2.24. The first-order chi connectivity index (χ1) is 18.0. The first-order valence-electron chi connectivity index (χ1n) is 12.0. The first kappa shape index (κ1) is 28.7. The molecule has 0 spiro atoms. The van der Waals surface area contributed by atoms with Crippen molar-refractivity contribution in [3.8, 4) is 16.3 Å². The second-order valence-corrected chi connectivity index (χ2v) is 9.81. The van der Waals surface area contributed by atoms with Gasteiger partial charge >= 0.3 is 11.9 Å². The van der Waals surface area contributed by atoms with Crippen LogP contribution in [-0.2, 0) is 17.3 Å². The van der Waals surface area contributed by atoms with Crippen LogP contribution >= 0.6 is 11.3 Å². The van der Waals surface area contributed by atoms with Crippen LogP contribution in [0.3, 0.4) is 0 Å². The van der Waals surface area contributed by atoms with Crippen molar-refractivity contribution in [3.63, 3.8) is 0 Å². The summed E-state index contributed by atoms with van der Waals surface area (Å²) >= 11 is 0.960. The maximum Gasteiger partial charge on any atom is 0.347 e. The number of alkyl halides is 2. The predicted molar refractivity (Wildman–Crippen MR) is 145 cm³/mol. The van der Waals surface area contributed by atoms with Crippen molar-refractivity contribution < 1.29 is 33.3 Å². The molecule has 0 aliphatic heterocycles. The molecule has 0 aliphatic carbocycles. The molecule has 9 heteroatoms. The largest absolute Gasteiger partial charge is 0.487 e. The molecule has 38 heavy (non-hydrogen) atoms. The number of hydrogen-bond donors (Lipinski definition) is 2. The molecular weight excluding hydrogens is 512 g/mol. The lowest BCUT2D eigenvalue weighted by molar-refractivity contribution is -0.137. The van der Waals surface area contributed by atoms with Gasteiger partial charge in [0.25, 0.3) is 5.92 Å². The normalized spacial score (nSPS) is 11.6. The number of allylic oxidation sites excluding steroid dienone is 2. The predicted octanol–water partition coefficient (Wildman–Crippen LogP) is 7.89. The van der Waals surface area contributed by atoms with Gasteiger partial charge in [-0.15, -0.1) is 11.3 Å². The van der Waals surface area contributed by atoms with Crippen LogP contribution in [0.15, 0.2) is 55.1 Å². The summed E-state index contributed by atoms with van der Waals surface area (Å²) in [6.07, 6.45) is 5.88. The smallest absolute Gasteiger partial charge is 0.347 e. The minimum absolute atomic E-state index is 0.0185. The lowest BCUT2D eigenvalue weighted by atomic mass is 9.96. The first-order valence-corrected chi connectivity index (χ1v) is 12.8. The van der Waals surface area contributed by atoms with Gasteiger partial charge in [-0.2, -0.15) is 0 Å². The van der Waals surface area contributed by atoms with Crippen LogP contribution in [0.2, 0.25) is 0 Å². The fraction of sp³-hybridized carbons (Fsp3) is 0.276. The Morgan fingerprint density at radius 1 is 1.11 bits per heavy atom. The van der Waals surface area contributed by atoms with Crippen LogP contribution in [-0.4, -0.2) is 27.1 Å². The molecule has 0 saturated carbocycles. The molecule has 6 nitrogen and oxygen atoms in total. The Bertz CT molecular complexity index is 1340. The van der Waals surface area contributed by atoms with Gasteiger partial charge in [-0.25, -0.2) is 18.6 Å². The zero-order chi connectivity index (χ0) is 27.9. The van der Waals surface area contributed by atoms with Gasteiger partial charge in [0.2, 0.25) is 0 Å². The van der Waals surface area contributed by atoms with E-state index in [0.717, 1.165) is 35.0 Å². The molecular formula is C29H29F2NO5S. The summed E-state index contributed by atoms with van der Waals surface area (Å²) in [7, 11) is 0. The highest BCUT2D eigenvalue weighted by Crippen LogP contribution is 2.33. The average molecular weight is 542 g/mol. The third-order valence-electron chi connectivity index (χ3n) is 5.78. The summed E-state index contributed by atoms with van der Waals surface area (Å²) in [5.74, 6) is -4.42. The number of aliphatic carboxylic acids is 1. The summed E-state index contributed by atoms with van der Waals surface area (Å²) in [6.45, 7) is 6.76. The van der Waals surface area contributed by atoms with Gasteiger partial charge in [0.15, 0.2) is 0 Å². The van der Waals surface area contributed by atoms with E-state index in [9.17, 15) is 23.5 Å². The van der Waals surface area contributed by atoms with Crippen molar-refractivity contribution in [2.45, 2.75) is 52.1 Å². The van der Waals surface area contributed by atoms with Crippen molar-refractivity contribution in [2.75, 3.05) is 0 Å². The molecule has 2 N–H and O–H groups in total. The van der Waals surface area contributed by atoms with Gasteiger partial charge in [-0.05, 0) is 55.0 Å². The molecule has 1 heterocycles. The summed E-state index contributed by atoms with van der Waals surface area (Å²) in [5, 5.41) is 18.9. The minimum atomic E-state index is -2.97. The second-order valence-electron chi connectivity index (χ2n) is 8.81. The highest BCUT2D eigenvalue weighted by atomic mass is 32.1. The maximum absolute atomic E-state index is 13.5. The lowest BCUT2D eigenvalue weighted by Crippen LogP contribution is -2.06. The number of hydrogen-bond acceptors (Lipinski definition) is 5. The van der Waals surface area contributed by atoms with Crippen molar-refractivity contribution in [2.24, 2.45) is 0 Å². The van der Waals surface area contributed by atoms with E-state index in [0.29, 0.717) is 35.6 Å². The van der Waals surface area contributed by atoms with E-state index in [1.165, 1.54) is 24.3 Å². The molecule has 3 aromatic rings. The van der Waals surface area contributed by atoms with Crippen LogP contribution in [0, 0.1) is 0 Å². The van der Waals surface area contributed by atoms with E-state index in [1.807, 2.05) is 31.2 Å². The summed E-state index contributed by atoms with van der Waals surface area (Å²) < 4.78 is 33.0. The molecule has 200 valence electrons. The molecule has 2 aromatic carbocycles. The maximum atomic E-state index is 13.5. The fourth-order valence-corrected chi connectivity index (χ4v) is 4.73. The number of benzene rings is 2. The molecule has 0 unspecified atom stereocenters. The molecule has 0 aliphatic rings. The number of carboxylic acid groups (broad SMARTS) is 2. The van der Waals surface area contributed by atoms with Gasteiger partial charge in [-0.1, -0.05) is 49.1 Å². The zero-order valence-corrected chi connectivity index (χ0v) is 22.0. The van der Waals surface area contributed by atoms with Gasteiger partial charge in [-0.3, -0.25) is 4.79 Å². The Balaban J connectivity index is 1.76. The number of rotatable bonds is 13. The summed E-state index contributed by atoms with van der Waals surface area (Å²) in [6, 6.07) is 11.1. The Morgan fingerprint density at radius 2 is 1.79 bits per heavy atom. The molecule has 1 aromatic heterocycles. The highest BCUT2D eigenvalue weighted by molar-refractivity contribution is 7.17. The molecule has 3 rings (SSSR count). The van der Waals surface area contributed by atoms with Crippen LogP contribution in [0.1, 0.15) is 71.6 Å². The number of unbranched alkanes of at least 4 members (excludes halogenated alkanes) is 1. The van der Waals surface area contributed by atoms with Crippen molar-refractivity contribution in [3.05, 3.63) is 82.4 Å². The number of aromatic carboxylic acids is 1. The topological polar surface area (TPSA) is 96.7 Å². The fourth-order valence-electron chi connectivity index (χ4n) is 3.82. The number of nitrogens with zero attached hydrogens (tertiary/aromatic N) is 1. The SMILES string of the molecule is C=C(CCCCC(=O)O)c1ccc(OCc2nc(-c3ccc(C(C)(F)F)cc3)sc2C(=O)O)cc1/C=C\C.